The molecule has 5 aromatic rings. The molecule has 194 valence electrons. The van der Waals surface area contributed by atoms with Crippen molar-refractivity contribution in [2.45, 2.75) is 18.8 Å². The van der Waals surface area contributed by atoms with Crippen molar-refractivity contribution in [2.24, 2.45) is 0 Å². The molecule has 1 aliphatic heterocycles. The van der Waals surface area contributed by atoms with Gasteiger partial charge in [0.25, 0.3) is 0 Å². The van der Waals surface area contributed by atoms with Crippen molar-refractivity contribution in [3.63, 3.8) is 0 Å². The maximum Gasteiger partial charge on any atom is 0.490 e. The number of carbonyl (C=O) groups excluding carboxylic acids is 1. The van der Waals surface area contributed by atoms with E-state index in [0.29, 0.717) is 40.8 Å². The van der Waals surface area contributed by atoms with E-state index in [1.807, 2.05) is 0 Å². The Labute approximate surface area is 209 Å². The molecule has 0 spiro atoms. The lowest BCUT2D eigenvalue weighted by atomic mass is 10.0. The van der Waals surface area contributed by atoms with Crippen molar-refractivity contribution in [3.8, 4) is 11.4 Å². The van der Waals surface area contributed by atoms with Crippen LogP contribution in [0, 0.1) is 11.6 Å². The van der Waals surface area contributed by atoms with Crippen molar-refractivity contribution in [3.05, 3.63) is 71.8 Å². The number of nitrogens with one attached hydrogen (secondary N) is 3. The first-order valence-electron chi connectivity index (χ1n) is 11.3. The number of aromatic amines is 1. The van der Waals surface area contributed by atoms with Crippen molar-refractivity contribution < 1.29 is 31.5 Å². The topological polar surface area (TPSA) is 109 Å². The Hall–Kier alpha value is -4.59. The van der Waals surface area contributed by atoms with Gasteiger partial charge < -0.3 is 15.0 Å². The summed E-state index contributed by atoms with van der Waals surface area (Å²) >= 11 is 0. The number of H-pyrrole nitrogens is 1. The van der Waals surface area contributed by atoms with Gasteiger partial charge in [0, 0.05) is 53.1 Å². The van der Waals surface area contributed by atoms with E-state index in [0.717, 1.165) is 6.20 Å². The number of aromatic nitrogens is 5. The van der Waals surface area contributed by atoms with Crippen LogP contribution in [0.5, 0.6) is 0 Å². The number of hydrogen-bond acceptors (Lipinski definition) is 7. The van der Waals surface area contributed by atoms with Gasteiger partial charge in [-0.25, -0.2) is 28.5 Å². The second-order valence-electron chi connectivity index (χ2n) is 8.50. The molecule has 0 aliphatic carbocycles. The van der Waals surface area contributed by atoms with Crippen LogP contribution in [-0.2, 0) is 16.0 Å². The maximum atomic E-state index is 14.7. The number of carbonyl (C=O) groups is 1. The molecule has 0 amide bonds. The SMILES string of the molecule is O=C(OC1NCCc2[nH]c3ccc(Nc4ncc(F)c(-c5cnc6cc(F)ccn56)n4)cc3c21)C(F)(F)F. The fraction of sp³-hybridized carbons (Fsp3) is 0.167. The lowest BCUT2D eigenvalue weighted by molar-refractivity contribution is -0.207. The second-order valence-corrected chi connectivity index (χ2v) is 8.50. The fourth-order valence-electron chi connectivity index (χ4n) is 4.41. The predicted octanol–water partition coefficient (Wildman–Crippen LogP) is 4.54. The standard InChI is InChI=1S/C24H16F5N7O2/c25-11-4-6-36-17(10-31-18(36)7-11)20-14(26)9-32-23(35-20)33-12-1-2-15-13(8-12)19-16(34-15)3-5-30-21(19)38-22(37)24(27,28)29/h1-2,4,6-10,21,30,34H,3,5H2,(H,32,33,35). The average molecular weight is 529 g/mol. The molecule has 0 bridgehead atoms. The minimum atomic E-state index is -5.13. The number of ether oxygens (including phenoxy) is 1. The monoisotopic (exact) mass is 529 g/mol. The summed E-state index contributed by atoms with van der Waals surface area (Å²) in [6.07, 6.45) is -2.21. The molecule has 0 radical (unpaired) electrons. The second kappa shape index (κ2) is 8.76. The number of benzene rings is 1. The Balaban J connectivity index is 1.34. The zero-order valence-corrected chi connectivity index (χ0v) is 19.1. The Morgan fingerprint density at radius 1 is 1.13 bits per heavy atom. The normalized spacial score (nSPS) is 15.6. The van der Waals surface area contributed by atoms with E-state index in [1.54, 1.807) is 18.2 Å². The van der Waals surface area contributed by atoms with Crippen LogP contribution >= 0.6 is 0 Å². The van der Waals surface area contributed by atoms with Gasteiger partial charge in [0.05, 0.1) is 18.1 Å². The largest absolute Gasteiger partial charge is 0.490 e. The summed E-state index contributed by atoms with van der Waals surface area (Å²) in [5.74, 6) is -3.49. The number of halogens is 5. The molecule has 3 N–H and O–H groups in total. The van der Waals surface area contributed by atoms with E-state index in [2.05, 4.69) is 30.6 Å². The molecular formula is C24H16F5N7O2. The first kappa shape index (κ1) is 23.8. The lowest BCUT2D eigenvalue weighted by Gasteiger charge is -2.25. The number of fused-ring (bicyclic) bond motifs is 4. The minimum absolute atomic E-state index is 0.0281. The van der Waals surface area contributed by atoms with Gasteiger partial charge >= 0.3 is 12.1 Å². The van der Waals surface area contributed by atoms with Crippen LogP contribution < -0.4 is 10.6 Å². The minimum Gasteiger partial charge on any atom is -0.435 e. The molecular weight excluding hydrogens is 513 g/mol. The number of rotatable bonds is 4. The number of pyridine rings is 1. The highest BCUT2D eigenvalue weighted by atomic mass is 19.4. The third-order valence-electron chi connectivity index (χ3n) is 6.06. The number of anilines is 2. The van der Waals surface area contributed by atoms with E-state index >= 15 is 0 Å². The van der Waals surface area contributed by atoms with Crippen LogP contribution in [0.25, 0.3) is 27.9 Å². The molecule has 38 heavy (non-hydrogen) atoms. The summed E-state index contributed by atoms with van der Waals surface area (Å²) in [7, 11) is 0. The number of imidazole rings is 1. The van der Waals surface area contributed by atoms with Crippen LogP contribution in [0.1, 0.15) is 17.5 Å². The van der Waals surface area contributed by atoms with Crippen molar-refractivity contribution >= 4 is 34.2 Å². The smallest absolute Gasteiger partial charge is 0.435 e. The molecule has 0 saturated carbocycles. The van der Waals surface area contributed by atoms with Gasteiger partial charge in [0.1, 0.15) is 17.2 Å². The molecule has 9 nitrogen and oxygen atoms in total. The molecule has 1 unspecified atom stereocenters. The highest BCUT2D eigenvalue weighted by molar-refractivity contribution is 5.89. The van der Waals surface area contributed by atoms with Gasteiger partial charge in [-0.2, -0.15) is 13.2 Å². The van der Waals surface area contributed by atoms with E-state index in [1.165, 1.54) is 28.9 Å². The summed E-state index contributed by atoms with van der Waals surface area (Å²) in [4.78, 5) is 26.9. The third-order valence-corrected chi connectivity index (χ3v) is 6.06. The van der Waals surface area contributed by atoms with Crippen LogP contribution in [0.3, 0.4) is 0 Å². The predicted molar refractivity (Wildman–Crippen MR) is 124 cm³/mol. The van der Waals surface area contributed by atoms with Crippen molar-refractivity contribution in [1.82, 2.24) is 29.7 Å². The Kier molecular flexibility index (Phi) is 5.48. The van der Waals surface area contributed by atoms with Gasteiger partial charge in [-0.3, -0.25) is 9.72 Å². The number of nitrogens with zero attached hydrogens (tertiary/aromatic N) is 4. The van der Waals surface area contributed by atoms with Crippen molar-refractivity contribution in [1.29, 1.82) is 0 Å². The number of esters is 1. The van der Waals surface area contributed by atoms with Crippen LogP contribution in [0.4, 0.5) is 33.6 Å². The highest BCUT2D eigenvalue weighted by Crippen LogP contribution is 2.35. The quantitative estimate of drug-likeness (QED) is 0.232. The zero-order valence-electron chi connectivity index (χ0n) is 19.1. The van der Waals surface area contributed by atoms with Crippen LogP contribution in [-0.4, -0.2) is 43.0 Å². The zero-order chi connectivity index (χ0) is 26.6. The number of hydrogen-bond donors (Lipinski definition) is 3. The van der Waals surface area contributed by atoms with Gasteiger partial charge in [0.15, 0.2) is 12.0 Å². The Bertz CT molecular complexity index is 1710. The molecule has 0 saturated heterocycles. The molecule has 0 fully saturated rings. The molecule has 6 rings (SSSR count). The third kappa shape index (κ3) is 4.18. The maximum absolute atomic E-state index is 14.7. The lowest BCUT2D eigenvalue weighted by Crippen LogP contribution is -2.36. The van der Waals surface area contributed by atoms with Crippen molar-refractivity contribution in [2.75, 3.05) is 11.9 Å². The summed E-state index contributed by atoms with van der Waals surface area (Å²) in [5.41, 5.74) is 2.55. The molecule has 1 atom stereocenters. The summed E-state index contributed by atoms with van der Waals surface area (Å²) in [6.45, 7) is 0.308. The van der Waals surface area contributed by atoms with Crippen LogP contribution in [0.2, 0.25) is 0 Å². The molecule has 1 aromatic carbocycles. The summed E-state index contributed by atoms with van der Waals surface area (Å²) in [5, 5.41) is 6.27. The van der Waals surface area contributed by atoms with Gasteiger partial charge in [-0.15, -0.1) is 0 Å². The first-order valence-corrected chi connectivity index (χ1v) is 11.3. The highest BCUT2D eigenvalue weighted by Gasteiger charge is 2.43. The van der Waals surface area contributed by atoms with E-state index in [-0.39, 0.29) is 23.0 Å². The van der Waals surface area contributed by atoms with Gasteiger partial charge in [0.2, 0.25) is 5.95 Å². The molecule has 5 heterocycles. The first-order chi connectivity index (χ1) is 18.2. The Morgan fingerprint density at radius 2 is 1.97 bits per heavy atom. The fourth-order valence-corrected chi connectivity index (χ4v) is 4.41. The van der Waals surface area contributed by atoms with E-state index < -0.39 is 30.0 Å². The van der Waals surface area contributed by atoms with Gasteiger partial charge in [-0.05, 0) is 24.3 Å². The number of alkyl halides is 3. The van der Waals surface area contributed by atoms with Crippen LogP contribution in [0.15, 0.2) is 48.9 Å². The molecule has 14 heteroatoms. The summed E-state index contributed by atoms with van der Waals surface area (Å²) in [6, 6.07) is 7.41. The average Bonchev–Trinajstić information content (AvgIpc) is 3.46. The summed E-state index contributed by atoms with van der Waals surface area (Å²) < 4.78 is 72.8. The Morgan fingerprint density at radius 3 is 2.79 bits per heavy atom. The van der Waals surface area contributed by atoms with E-state index in [4.69, 9.17) is 4.74 Å². The molecule has 4 aromatic heterocycles. The van der Waals surface area contributed by atoms with E-state index in [9.17, 15) is 26.7 Å². The molecule has 1 aliphatic rings. The van der Waals surface area contributed by atoms with Gasteiger partial charge in [-0.1, -0.05) is 0 Å².